The Kier molecular flexibility index (Phi) is 8.79. The molecule has 2 aromatic rings. The van der Waals surface area contributed by atoms with Crippen molar-refractivity contribution in [2.75, 3.05) is 19.6 Å². The molecule has 2 aromatic carbocycles. The Bertz CT molecular complexity index is 1190. The number of benzene rings is 2. The summed E-state index contributed by atoms with van der Waals surface area (Å²) in [4.78, 5) is 44.7. The molecule has 8 nitrogen and oxygen atoms in total. The number of hydrogen-bond acceptors (Lipinski definition) is 4. The van der Waals surface area contributed by atoms with Gasteiger partial charge < -0.3 is 25.8 Å². The van der Waals surface area contributed by atoms with Crippen LogP contribution >= 0.6 is 0 Å². The third kappa shape index (κ3) is 6.70. The molecule has 39 heavy (non-hydrogen) atoms. The summed E-state index contributed by atoms with van der Waals surface area (Å²) < 4.78 is 39.8. The smallest absolute Gasteiger partial charge is 0.334 e. The topological polar surface area (TPSA) is 99.0 Å². The Morgan fingerprint density at radius 3 is 2.51 bits per heavy atom. The maximum absolute atomic E-state index is 13.5. The molecule has 0 aromatic heterocycles. The largest absolute Gasteiger partial charge is 0.416 e. The first-order valence-electron chi connectivity index (χ1n) is 13.1. The van der Waals surface area contributed by atoms with Gasteiger partial charge in [-0.3, -0.25) is 9.59 Å². The van der Waals surface area contributed by atoms with E-state index >= 15 is 0 Å². The van der Waals surface area contributed by atoms with Gasteiger partial charge in [0, 0.05) is 26.1 Å². The average Bonchev–Trinajstić information content (AvgIpc) is 2.89. The Labute approximate surface area is 225 Å². The third-order valence-electron chi connectivity index (χ3n) is 7.17. The second-order valence-electron chi connectivity index (χ2n) is 10.1. The number of aryl methyl sites for hydroxylation is 1. The summed E-state index contributed by atoms with van der Waals surface area (Å²) in [6, 6.07) is 11.9. The Morgan fingerprint density at radius 2 is 1.82 bits per heavy atom. The number of rotatable bonds is 8. The fraction of sp³-hybridized carbons (Fsp3) is 0.464. The fourth-order valence-corrected chi connectivity index (χ4v) is 5.33. The molecule has 3 N–H and O–H groups in total. The van der Waals surface area contributed by atoms with Crippen LogP contribution in [0.25, 0.3) is 0 Å². The Hall–Kier alpha value is -3.60. The van der Waals surface area contributed by atoms with Crippen LogP contribution < -0.4 is 11.1 Å². The van der Waals surface area contributed by atoms with Gasteiger partial charge in [-0.25, -0.2) is 4.79 Å². The lowest BCUT2D eigenvalue weighted by atomic mass is 9.98. The number of amides is 4. The zero-order chi connectivity index (χ0) is 28.2. The van der Waals surface area contributed by atoms with Crippen molar-refractivity contribution in [1.29, 1.82) is 0 Å². The number of hydrogen-bond donors (Lipinski definition) is 2. The normalized spacial score (nSPS) is 19.8. The number of fused-ring (bicyclic) bond motifs is 1. The minimum atomic E-state index is -4.49. The van der Waals surface area contributed by atoms with Crippen molar-refractivity contribution in [2.24, 2.45) is 5.73 Å². The van der Waals surface area contributed by atoms with E-state index in [0.29, 0.717) is 43.5 Å². The van der Waals surface area contributed by atoms with Gasteiger partial charge in [0.2, 0.25) is 11.8 Å². The van der Waals surface area contributed by atoms with Gasteiger partial charge >= 0.3 is 12.2 Å². The fourth-order valence-electron chi connectivity index (χ4n) is 5.33. The second-order valence-corrected chi connectivity index (χ2v) is 10.1. The van der Waals surface area contributed by atoms with E-state index in [1.54, 1.807) is 17.9 Å². The van der Waals surface area contributed by atoms with Crippen LogP contribution in [0, 0.1) is 6.92 Å². The summed E-state index contributed by atoms with van der Waals surface area (Å²) in [5, 5.41) is 2.73. The molecule has 2 fully saturated rings. The maximum atomic E-state index is 13.5. The summed E-state index contributed by atoms with van der Waals surface area (Å²) in [7, 11) is 0. The van der Waals surface area contributed by atoms with Crippen molar-refractivity contribution < 1.29 is 27.6 Å². The first-order chi connectivity index (χ1) is 18.6. The summed E-state index contributed by atoms with van der Waals surface area (Å²) >= 11 is 0. The van der Waals surface area contributed by atoms with Crippen molar-refractivity contribution >= 4 is 17.8 Å². The number of urea groups is 1. The number of nitrogens with one attached hydrogen (secondary N) is 1. The molecule has 0 aliphatic carbocycles. The molecule has 0 bridgehead atoms. The minimum absolute atomic E-state index is 0.0614. The molecule has 0 radical (unpaired) electrons. The van der Waals surface area contributed by atoms with Gasteiger partial charge in [-0.2, -0.15) is 13.2 Å². The molecule has 2 aliphatic heterocycles. The molecular weight excluding hydrogens is 511 g/mol. The Morgan fingerprint density at radius 1 is 1.08 bits per heavy atom. The molecule has 4 amide bonds. The van der Waals surface area contributed by atoms with Crippen molar-refractivity contribution in [3.63, 3.8) is 0 Å². The summed E-state index contributed by atoms with van der Waals surface area (Å²) in [6.45, 7) is 2.56. The standard InChI is InChI=1S/C28H34F3N5O3/c1-19-13-21(15-22(14-19)28(29,30)31)16-33-27(39)35-12-10-25(37)36-23(9-5-6-11-32)26(38)34(18-24(35)36)17-20-7-3-2-4-8-20/h2-4,7-8,13-15,23-24H,5-6,9-12,16-18,32H2,1H3,(H,33,39)/t23-,24+/m0/s1. The van der Waals surface area contributed by atoms with Crippen LogP contribution in [0.15, 0.2) is 48.5 Å². The number of carbonyl (C=O) groups is 3. The van der Waals surface area contributed by atoms with E-state index < -0.39 is 30.0 Å². The van der Waals surface area contributed by atoms with Crippen molar-refractivity contribution in [2.45, 2.75) is 64.1 Å². The Balaban J connectivity index is 1.55. The number of alkyl halides is 3. The zero-order valence-corrected chi connectivity index (χ0v) is 21.9. The lowest BCUT2D eigenvalue weighted by Gasteiger charge is -2.52. The summed E-state index contributed by atoms with van der Waals surface area (Å²) in [5.74, 6) is -0.356. The third-order valence-corrected chi connectivity index (χ3v) is 7.17. The number of nitrogens with zero attached hydrogens (tertiary/aromatic N) is 3. The number of halogens is 3. The van der Waals surface area contributed by atoms with Crippen LogP contribution in [0.2, 0.25) is 0 Å². The lowest BCUT2D eigenvalue weighted by molar-refractivity contribution is -0.167. The summed E-state index contributed by atoms with van der Waals surface area (Å²) in [6.07, 6.45) is -3.32. The maximum Gasteiger partial charge on any atom is 0.416 e. The van der Waals surface area contributed by atoms with E-state index in [1.807, 2.05) is 30.3 Å². The first-order valence-corrected chi connectivity index (χ1v) is 13.1. The van der Waals surface area contributed by atoms with Crippen molar-refractivity contribution in [3.8, 4) is 0 Å². The van der Waals surface area contributed by atoms with Gasteiger partial charge in [0.25, 0.3) is 0 Å². The van der Waals surface area contributed by atoms with Crippen LogP contribution in [0.1, 0.15) is 47.9 Å². The van der Waals surface area contributed by atoms with Gasteiger partial charge in [-0.15, -0.1) is 0 Å². The van der Waals surface area contributed by atoms with E-state index in [2.05, 4.69) is 5.32 Å². The highest BCUT2D eigenvalue weighted by molar-refractivity contribution is 5.91. The molecule has 2 atom stereocenters. The number of unbranched alkanes of at least 4 members (excludes halogenated alkanes) is 1. The highest BCUT2D eigenvalue weighted by Crippen LogP contribution is 2.31. The minimum Gasteiger partial charge on any atom is -0.334 e. The van der Waals surface area contributed by atoms with Gasteiger partial charge in [-0.05, 0) is 56.0 Å². The molecule has 2 heterocycles. The van der Waals surface area contributed by atoms with Crippen molar-refractivity contribution in [3.05, 3.63) is 70.8 Å². The molecule has 4 rings (SSSR count). The zero-order valence-electron chi connectivity index (χ0n) is 21.9. The van der Waals surface area contributed by atoms with Crippen LogP contribution in [0.4, 0.5) is 18.0 Å². The number of nitrogens with two attached hydrogens (primary N) is 1. The van der Waals surface area contributed by atoms with Gasteiger partial charge in [0.1, 0.15) is 12.2 Å². The molecular formula is C28H34F3N5O3. The van der Waals surface area contributed by atoms with E-state index in [-0.39, 0.29) is 37.9 Å². The van der Waals surface area contributed by atoms with E-state index in [1.165, 1.54) is 9.80 Å². The van der Waals surface area contributed by atoms with Crippen LogP contribution in [0.5, 0.6) is 0 Å². The highest BCUT2D eigenvalue weighted by atomic mass is 19.4. The molecule has 0 unspecified atom stereocenters. The molecule has 2 aliphatic rings. The average molecular weight is 546 g/mol. The van der Waals surface area contributed by atoms with Gasteiger partial charge in [0.05, 0.1) is 12.1 Å². The van der Waals surface area contributed by atoms with E-state index in [4.69, 9.17) is 5.73 Å². The van der Waals surface area contributed by atoms with Crippen molar-refractivity contribution in [1.82, 2.24) is 20.0 Å². The van der Waals surface area contributed by atoms with E-state index in [9.17, 15) is 27.6 Å². The van der Waals surface area contributed by atoms with Gasteiger partial charge in [0.15, 0.2) is 0 Å². The molecule has 0 spiro atoms. The molecule has 2 saturated heterocycles. The monoisotopic (exact) mass is 545 g/mol. The van der Waals surface area contributed by atoms with E-state index in [0.717, 1.165) is 17.7 Å². The second kappa shape index (κ2) is 12.1. The SMILES string of the molecule is Cc1cc(CNC(=O)N2CCC(=O)N3[C@@H]2CN(Cc2ccccc2)C(=O)[C@@H]3CCCCN)cc(C(F)(F)F)c1. The lowest BCUT2D eigenvalue weighted by Crippen LogP contribution is -2.71. The van der Waals surface area contributed by atoms with Gasteiger partial charge in [-0.1, -0.05) is 42.0 Å². The van der Waals surface area contributed by atoms with Crippen LogP contribution in [-0.4, -0.2) is 64.4 Å². The molecule has 210 valence electrons. The number of piperazine rings is 1. The number of carbonyl (C=O) groups excluding carboxylic acids is 3. The first kappa shape index (κ1) is 28.4. The summed E-state index contributed by atoms with van der Waals surface area (Å²) in [5.41, 5.74) is 6.57. The quantitative estimate of drug-likeness (QED) is 0.495. The highest BCUT2D eigenvalue weighted by Gasteiger charge is 2.48. The predicted molar refractivity (Wildman–Crippen MR) is 139 cm³/mol. The molecule has 0 saturated carbocycles. The molecule has 11 heteroatoms. The van der Waals surface area contributed by atoms with Crippen LogP contribution in [-0.2, 0) is 28.9 Å². The van der Waals surface area contributed by atoms with Crippen LogP contribution in [0.3, 0.4) is 0 Å². The predicted octanol–water partition coefficient (Wildman–Crippen LogP) is 3.62.